The summed E-state index contributed by atoms with van der Waals surface area (Å²) in [5, 5.41) is 0.740. The fourth-order valence-corrected chi connectivity index (χ4v) is 5.13. The molecule has 0 N–H and O–H groups in total. The lowest BCUT2D eigenvalue weighted by Crippen LogP contribution is -2.59. The number of hydrogen-bond acceptors (Lipinski definition) is 3. The van der Waals surface area contributed by atoms with Gasteiger partial charge in [0.1, 0.15) is 12.4 Å². The van der Waals surface area contributed by atoms with E-state index in [4.69, 9.17) is 16.3 Å². The minimum Gasteiger partial charge on any atom is -0.492 e. The number of nitrogens with zero attached hydrogens (tertiary/aromatic N) is 2. The van der Waals surface area contributed by atoms with Crippen LogP contribution < -0.4 is 4.74 Å². The average Bonchev–Trinajstić information content (AvgIpc) is 2.76. The maximum absolute atomic E-state index is 6.10. The van der Waals surface area contributed by atoms with Crippen LogP contribution >= 0.6 is 11.6 Å². The minimum absolute atomic E-state index is 0.221. The maximum Gasteiger partial charge on any atom is 0.119 e. The van der Waals surface area contributed by atoms with Crippen molar-refractivity contribution in [2.75, 3.05) is 13.2 Å². The van der Waals surface area contributed by atoms with Crippen molar-refractivity contribution in [3.05, 3.63) is 71.9 Å². The largest absolute Gasteiger partial charge is 0.492 e. The highest BCUT2D eigenvalue weighted by molar-refractivity contribution is 6.30. The molecule has 3 aromatic rings. The predicted octanol–water partition coefficient (Wildman–Crippen LogP) is 7.49. The van der Waals surface area contributed by atoms with Crippen molar-refractivity contribution in [1.29, 1.82) is 0 Å². The van der Waals surface area contributed by atoms with Crippen molar-refractivity contribution in [2.45, 2.75) is 58.0 Å². The SMILES string of the molecule is CC1(C)CCCC(C)(C)N1CCOc1ccc(-c2ccc(-c3ccc(Cl)cc3)cn2)cc1. The lowest BCUT2D eigenvalue weighted by atomic mass is 9.80. The van der Waals surface area contributed by atoms with E-state index < -0.39 is 0 Å². The summed E-state index contributed by atoms with van der Waals surface area (Å²) in [6.45, 7) is 11.1. The molecule has 0 amide bonds. The van der Waals surface area contributed by atoms with Crippen LogP contribution in [0.25, 0.3) is 22.4 Å². The van der Waals surface area contributed by atoms with E-state index >= 15 is 0 Å². The van der Waals surface area contributed by atoms with Crippen LogP contribution in [0.4, 0.5) is 0 Å². The zero-order valence-electron chi connectivity index (χ0n) is 19.6. The van der Waals surface area contributed by atoms with Crippen molar-refractivity contribution in [3.63, 3.8) is 0 Å². The Labute approximate surface area is 197 Å². The first kappa shape index (κ1) is 22.8. The van der Waals surface area contributed by atoms with E-state index in [-0.39, 0.29) is 11.1 Å². The van der Waals surface area contributed by atoms with Crippen molar-refractivity contribution in [3.8, 4) is 28.1 Å². The monoisotopic (exact) mass is 448 g/mol. The van der Waals surface area contributed by atoms with Gasteiger partial charge < -0.3 is 4.74 Å². The van der Waals surface area contributed by atoms with Gasteiger partial charge >= 0.3 is 0 Å². The number of rotatable bonds is 6. The number of aromatic nitrogens is 1. The van der Waals surface area contributed by atoms with Crippen LogP contribution in [-0.4, -0.2) is 34.1 Å². The van der Waals surface area contributed by atoms with E-state index in [0.29, 0.717) is 6.61 Å². The molecule has 1 fully saturated rings. The number of benzene rings is 2. The molecule has 168 valence electrons. The first-order valence-corrected chi connectivity index (χ1v) is 11.9. The molecule has 0 aliphatic carbocycles. The van der Waals surface area contributed by atoms with Gasteiger partial charge in [0.2, 0.25) is 0 Å². The molecule has 1 aromatic heterocycles. The van der Waals surface area contributed by atoms with E-state index in [1.54, 1.807) is 0 Å². The molecule has 0 radical (unpaired) electrons. The Balaban J connectivity index is 1.36. The third-order valence-corrected chi connectivity index (χ3v) is 6.97. The number of pyridine rings is 1. The van der Waals surface area contributed by atoms with Crippen LogP contribution in [0.5, 0.6) is 5.75 Å². The highest BCUT2D eigenvalue weighted by atomic mass is 35.5. The smallest absolute Gasteiger partial charge is 0.119 e. The van der Waals surface area contributed by atoms with Crippen LogP contribution in [0, 0.1) is 0 Å². The first-order chi connectivity index (χ1) is 15.2. The summed E-state index contributed by atoms with van der Waals surface area (Å²) in [4.78, 5) is 7.27. The van der Waals surface area contributed by atoms with Crippen LogP contribution in [0.1, 0.15) is 47.0 Å². The second-order valence-electron chi connectivity index (χ2n) is 9.94. The summed E-state index contributed by atoms with van der Waals surface area (Å²) in [5.41, 5.74) is 4.66. The van der Waals surface area contributed by atoms with Crippen molar-refractivity contribution < 1.29 is 4.74 Å². The second kappa shape index (κ2) is 9.25. The molecule has 32 heavy (non-hydrogen) atoms. The highest BCUT2D eigenvalue weighted by Gasteiger charge is 2.40. The van der Waals surface area contributed by atoms with Crippen molar-refractivity contribution in [2.24, 2.45) is 0 Å². The van der Waals surface area contributed by atoms with Gasteiger partial charge in [-0.05, 0) is 95.0 Å². The first-order valence-electron chi connectivity index (χ1n) is 11.5. The summed E-state index contributed by atoms with van der Waals surface area (Å²) >= 11 is 5.99. The molecule has 0 atom stereocenters. The molecular formula is C28H33ClN2O. The van der Waals surface area contributed by atoms with Gasteiger partial charge in [-0.25, -0.2) is 0 Å². The lowest BCUT2D eigenvalue weighted by Gasteiger charge is -2.53. The molecule has 0 saturated carbocycles. The topological polar surface area (TPSA) is 25.4 Å². The average molecular weight is 449 g/mol. The third-order valence-electron chi connectivity index (χ3n) is 6.71. The van der Waals surface area contributed by atoms with E-state index in [2.05, 4.69) is 61.8 Å². The number of piperidine rings is 1. The minimum atomic E-state index is 0.221. The van der Waals surface area contributed by atoms with Gasteiger partial charge in [-0.15, -0.1) is 0 Å². The maximum atomic E-state index is 6.10. The molecule has 0 unspecified atom stereocenters. The molecule has 4 rings (SSSR count). The summed E-state index contributed by atoms with van der Waals surface area (Å²) in [7, 11) is 0. The molecule has 1 saturated heterocycles. The summed E-state index contributed by atoms with van der Waals surface area (Å²) < 4.78 is 6.10. The van der Waals surface area contributed by atoms with Crippen molar-refractivity contribution >= 4 is 11.6 Å². The van der Waals surface area contributed by atoms with Crippen LogP contribution in [0.3, 0.4) is 0 Å². The lowest BCUT2D eigenvalue weighted by molar-refractivity contribution is -0.0340. The predicted molar refractivity (Wildman–Crippen MR) is 134 cm³/mol. The zero-order valence-corrected chi connectivity index (χ0v) is 20.3. The van der Waals surface area contributed by atoms with Gasteiger partial charge in [0.15, 0.2) is 0 Å². The number of ether oxygens (including phenoxy) is 1. The Morgan fingerprint density at radius 2 is 1.41 bits per heavy atom. The molecule has 4 heteroatoms. The molecule has 3 nitrogen and oxygen atoms in total. The van der Waals surface area contributed by atoms with Gasteiger partial charge in [-0.2, -0.15) is 0 Å². The number of likely N-dealkylation sites (tertiary alicyclic amines) is 1. The number of hydrogen-bond donors (Lipinski definition) is 0. The number of halogens is 1. The fraction of sp³-hybridized carbons (Fsp3) is 0.393. The fourth-order valence-electron chi connectivity index (χ4n) is 5.00. The molecule has 1 aliphatic rings. The summed E-state index contributed by atoms with van der Waals surface area (Å²) in [6, 6.07) is 20.2. The van der Waals surface area contributed by atoms with Crippen LogP contribution in [-0.2, 0) is 0 Å². The van der Waals surface area contributed by atoms with E-state index in [9.17, 15) is 0 Å². The Kier molecular flexibility index (Phi) is 6.60. The highest BCUT2D eigenvalue weighted by Crippen LogP contribution is 2.37. The van der Waals surface area contributed by atoms with E-state index in [1.807, 2.05) is 42.6 Å². The van der Waals surface area contributed by atoms with Gasteiger partial charge in [0.05, 0.1) is 5.69 Å². The second-order valence-corrected chi connectivity index (χ2v) is 10.4. The Morgan fingerprint density at radius 1 is 0.812 bits per heavy atom. The molecule has 2 heterocycles. The zero-order chi connectivity index (χ0) is 22.8. The molecule has 1 aliphatic heterocycles. The van der Waals surface area contributed by atoms with Gasteiger partial charge in [-0.1, -0.05) is 29.8 Å². The quantitative estimate of drug-likeness (QED) is 0.390. The Morgan fingerprint density at radius 3 is 2.00 bits per heavy atom. The van der Waals surface area contributed by atoms with Gasteiger partial charge in [-0.3, -0.25) is 9.88 Å². The van der Waals surface area contributed by atoms with E-state index in [1.165, 1.54) is 19.3 Å². The van der Waals surface area contributed by atoms with Crippen LogP contribution in [0.2, 0.25) is 5.02 Å². The van der Waals surface area contributed by atoms with Gasteiger partial charge in [0.25, 0.3) is 0 Å². The third kappa shape index (κ3) is 5.16. The van der Waals surface area contributed by atoms with Gasteiger partial charge in [0, 0.05) is 40.0 Å². The standard InChI is InChI=1S/C28H33ClN2O/c1-27(2)16-5-17-28(3,4)31(27)18-19-32-25-13-8-22(9-14-25)26-15-10-23(20-30-26)21-6-11-24(29)12-7-21/h6-15,20H,5,16-19H2,1-4H3. The van der Waals surface area contributed by atoms with Crippen molar-refractivity contribution in [1.82, 2.24) is 9.88 Å². The Bertz CT molecular complexity index is 1010. The van der Waals surface area contributed by atoms with Crippen LogP contribution in [0.15, 0.2) is 66.9 Å². The molecule has 0 spiro atoms. The van der Waals surface area contributed by atoms with E-state index in [0.717, 1.165) is 39.7 Å². The molecular weight excluding hydrogens is 416 g/mol. The summed E-state index contributed by atoms with van der Waals surface area (Å²) in [6.07, 6.45) is 5.70. The normalized spacial score (nSPS) is 17.8. The Hall–Kier alpha value is -2.36. The summed E-state index contributed by atoms with van der Waals surface area (Å²) in [5.74, 6) is 0.902. The molecule has 0 bridgehead atoms. The molecule has 2 aromatic carbocycles.